The molecule has 1 fully saturated rings. The Kier molecular flexibility index (Phi) is 11.5. The van der Waals surface area contributed by atoms with E-state index in [1.54, 1.807) is 17.0 Å². The first-order valence-electron chi connectivity index (χ1n) is 13.6. The second kappa shape index (κ2) is 14.6. The molecule has 1 saturated carbocycles. The third-order valence-electron chi connectivity index (χ3n) is 7.11. The van der Waals surface area contributed by atoms with Crippen molar-refractivity contribution in [2.45, 2.75) is 76.9 Å². The van der Waals surface area contributed by atoms with Crippen LogP contribution >= 0.6 is 11.6 Å². The van der Waals surface area contributed by atoms with Gasteiger partial charge in [0.25, 0.3) is 0 Å². The second-order valence-corrected chi connectivity index (χ2v) is 12.3. The molecule has 0 radical (unpaired) electrons. The van der Waals surface area contributed by atoms with Crippen LogP contribution in [0.3, 0.4) is 0 Å². The number of hydrogen-bond acceptors (Lipinski definition) is 5. The van der Waals surface area contributed by atoms with Gasteiger partial charge in [-0.05, 0) is 49.4 Å². The maximum absolute atomic E-state index is 13.6. The molecular weight excluding hydrogens is 538 g/mol. The lowest BCUT2D eigenvalue weighted by atomic mass is 9.95. The first kappa shape index (κ1) is 30.8. The number of amides is 2. The summed E-state index contributed by atoms with van der Waals surface area (Å²) in [5.74, 6) is 0.128. The molecule has 2 aromatic rings. The van der Waals surface area contributed by atoms with Crippen LogP contribution in [0.4, 0.5) is 5.69 Å². The van der Waals surface area contributed by atoms with E-state index in [1.165, 1.54) is 23.9 Å². The van der Waals surface area contributed by atoms with Gasteiger partial charge >= 0.3 is 0 Å². The number of nitrogens with one attached hydrogen (secondary N) is 1. The zero-order valence-electron chi connectivity index (χ0n) is 23.1. The molecule has 8 nitrogen and oxygen atoms in total. The van der Waals surface area contributed by atoms with Gasteiger partial charge in [0.05, 0.1) is 24.1 Å². The van der Waals surface area contributed by atoms with Gasteiger partial charge in [-0.15, -0.1) is 0 Å². The van der Waals surface area contributed by atoms with E-state index < -0.39 is 16.1 Å². The Bertz CT molecular complexity index is 1200. The Morgan fingerprint density at radius 1 is 1.10 bits per heavy atom. The zero-order chi connectivity index (χ0) is 28.4. The van der Waals surface area contributed by atoms with E-state index in [4.69, 9.17) is 16.3 Å². The highest BCUT2D eigenvalue weighted by molar-refractivity contribution is 7.92. The quantitative estimate of drug-likeness (QED) is 0.355. The fraction of sp³-hybridized carbons (Fsp3) is 0.517. The molecule has 2 amide bonds. The van der Waals surface area contributed by atoms with Gasteiger partial charge in [-0.1, -0.05) is 68.1 Å². The van der Waals surface area contributed by atoms with Crippen molar-refractivity contribution in [3.8, 4) is 5.75 Å². The predicted molar refractivity (Wildman–Crippen MR) is 156 cm³/mol. The summed E-state index contributed by atoms with van der Waals surface area (Å²) in [5.41, 5.74) is 1.33. The van der Waals surface area contributed by atoms with Crippen LogP contribution in [0.25, 0.3) is 0 Å². The van der Waals surface area contributed by atoms with Gasteiger partial charge in [0, 0.05) is 25.6 Å². The van der Waals surface area contributed by atoms with Crippen molar-refractivity contribution in [3.05, 3.63) is 59.1 Å². The number of carbonyl (C=O) groups is 2. The summed E-state index contributed by atoms with van der Waals surface area (Å²) < 4.78 is 31.6. The number of anilines is 1. The number of benzene rings is 2. The molecule has 10 heteroatoms. The van der Waals surface area contributed by atoms with Crippen molar-refractivity contribution in [2.24, 2.45) is 0 Å². The first-order chi connectivity index (χ1) is 18.6. The number of sulfonamides is 1. The summed E-state index contributed by atoms with van der Waals surface area (Å²) >= 11 is 6.23. The molecule has 0 aliphatic heterocycles. The van der Waals surface area contributed by atoms with Crippen molar-refractivity contribution < 1.29 is 22.7 Å². The minimum atomic E-state index is -3.63. The number of halogens is 1. The monoisotopic (exact) mass is 577 g/mol. The lowest BCUT2D eigenvalue weighted by molar-refractivity contribution is -0.141. The lowest BCUT2D eigenvalue weighted by Gasteiger charge is -2.33. The van der Waals surface area contributed by atoms with E-state index >= 15 is 0 Å². The second-order valence-electron chi connectivity index (χ2n) is 10.0. The molecule has 1 aliphatic carbocycles. The predicted octanol–water partition coefficient (Wildman–Crippen LogP) is 5.15. The van der Waals surface area contributed by atoms with Gasteiger partial charge in [0.1, 0.15) is 11.8 Å². The van der Waals surface area contributed by atoms with Crippen LogP contribution in [0.15, 0.2) is 48.5 Å². The fourth-order valence-corrected chi connectivity index (χ4v) is 6.27. The van der Waals surface area contributed by atoms with Crippen LogP contribution in [0.2, 0.25) is 5.02 Å². The van der Waals surface area contributed by atoms with Crippen molar-refractivity contribution in [2.75, 3.05) is 24.2 Å². The molecule has 0 unspecified atom stereocenters. The zero-order valence-corrected chi connectivity index (χ0v) is 24.6. The minimum Gasteiger partial charge on any atom is -0.495 e. The summed E-state index contributed by atoms with van der Waals surface area (Å²) in [4.78, 5) is 28.6. The van der Waals surface area contributed by atoms with Crippen molar-refractivity contribution in [3.63, 3.8) is 0 Å². The summed E-state index contributed by atoms with van der Waals surface area (Å²) in [6, 6.07) is 13.9. The number of methoxy groups -OCH3 is 1. The summed E-state index contributed by atoms with van der Waals surface area (Å²) in [5, 5.41) is 3.47. The number of ether oxygens (including phenoxy) is 1. The summed E-state index contributed by atoms with van der Waals surface area (Å²) in [6.07, 6.45) is 7.30. The van der Waals surface area contributed by atoms with Crippen LogP contribution < -0.4 is 14.4 Å². The number of hydrogen-bond donors (Lipinski definition) is 1. The molecule has 3 rings (SSSR count). The Labute approximate surface area is 237 Å². The van der Waals surface area contributed by atoms with Crippen LogP contribution in [-0.2, 0) is 26.2 Å². The van der Waals surface area contributed by atoms with Crippen LogP contribution in [0, 0.1) is 0 Å². The van der Waals surface area contributed by atoms with Gasteiger partial charge in [-0.3, -0.25) is 13.9 Å². The Balaban J connectivity index is 1.74. The third kappa shape index (κ3) is 8.86. The molecule has 2 aromatic carbocycles. The van der Waals surface area contributed by atoms with E-state index in [0.717, 1.165) is 37.5 Å². The lowest BCUT2D eigenvalue weighted by Crippen LogP contribution is -2.51. The van der Waals surface area contributed by atoms with E-state index in [9.17, 15) is 18.0 Å². The number of nitrogens with zero attached hydrogens (tertiary/aromatic N) is 2. The standard InChI is InChI=1S/C29H40ClN3O5S/c1-4-26(29(35)31-23-14-9-6-10-15-23)32(21-22-12-7-5-8-13-22)28(34)16-11-19-33(39(3,36)37)24-17-18-27(38-2)25(30)20-24/h5,7-8,12-13,17-18,20,23,26H,4,6,9-11,14-16,19,21H2,1-3H3,(H,31,35)/t26-/m1/s1. The summed E-state index contributed by atoms with van der Waals surface area (Å²) in [6.45, 7) is 2.31. The van der Waals surface area contributed by atoms with E-state index in [-0.39, 0.29) is 37.2 Å². The number of carbonyl (C=O) groups excluding carboxylic acids is 2. The van der Waals surface area contributed by atoms with Gasteiger partial charge in [0.2, 0.25) is 21.8 Å². The maximum atomic E-state index is 13.6. The molecule has 0 heterocycles. The Morgan fingerprint density at radius 3 is 2.38 bits per heavy atom. The summed E-state index contributed by atoms with van der Waals surface area (Å²) in [7, 11) is -2.14. The largest absolute Gasteiger partial charge is 0.495 e. The van der Waals surface area contributed by atoms with Crippen molar-refractivity contribution in [1.29, 1.82) is 0 Å². The topological polar surface area (TPSA) is 96.0 Å². The maximum Gasteiger partial charge on any atom is 0.243 e. The molecular formula is C29H40ClN3O5S. The highest BCUT2D eigenvalue weighted by Crippen LogP contribution is 2.30. The normalized spacial score (nSPS) is 14.9. The van der Waals surface area contributed by atoms with Crippen molar-refractivity contribution >= 4 is 39.1 Å². The van der Waals surface area contributed by atoms with E-state index in [1.807, 2.05) is 37.3 Å². The Morgan fingerprint density at radius 2 is 1.79 bits per heavy atom. The highest BCUT2D eigenvalue weighted by Gasteiger charge is 2.30. The Hall–Kier alpha value is -2.78. The van der Waals surface area contributed by atoms with E-state index in [0.29, 0.717) is 29.4 Å². The molecule has 214 valence electrons. The van der Waals surface area contributed by atoms with Crippen LogP contribution in [0.1, 0.15) is 63.9 Å². The average Bonchev–Trinajstić information content (AvgIpc) is 2.91. The molecule has 1 N–H and O–H groups in total. The molecule has 0 bridgehead atoms. The fourth-order valence-electron chi connectivity index (χ4n) is 5.06. The minimum absolute atomic E-state index is 0.0932. The van der Waals surface area contributed by atoms with Gasteiger partial charge < -0.3 is 15.0 Å². The SMILES string of the molecule is CC[C@H](C(=O)NC1CCCCC1)N(Cc1ccccc1)C(=O)CCCN(c1ccc(OC)c(Cl)c1)S(C)(=O)=O. The van der Waals surface area contributed by atoms with Gasteiger partial charge in [-0.2, -0.15) is 0 Å². The highest BCUT2D eigenvalue weighted by atomic mass is 35.5. The van der Waals surface area contributed by atoms with Crippen LogP contribution in [0.5, 0.6) is 5.75 Å². The molecule has 1 atom stereocenters. The average molecular weight is 578 g/mol. The van der Waals surface area contributed by atoms with Gasteiger partial charge in [-0.25, -0.2) is 8.42 Å². The number of rotatable bonds is 13. The van der Waals surface area contributed by atoms with Crippen LogP contribution in [-0.4, -0.2) is 57.1 Å². The van der Waals surface area contributed by atoms with Gasteiger partial charge in [0.15, 0.2) is 0 Å². The molecule has 39 heavy (non-hydrogen) atoms. The molecule has 0 saturated heterocycles. The smallest absolute Gasteiger partial charge is 0.243 e. The molecule has 0 aromatic heterocycles. The molecule has 0 spiro atoms. The first-order valence-corrected chi connectivity index (χ1v) is 15.8. The van der Waals surface area contributed by atoms with E-state index in [2.05, 4.69) is 5.32 Å². The third-order valence-corrected chi connectivity index (χ3v) is 8.60. The van der Waals surface area contributed by atoms with Crippen molar-refractivity contribution in [1.82, 2.24) is 10.2 Å². The molecule has 1 aliphatic rings.